The smallest absolute Gasteiger partial charge is 0.100 e. The Bertz CT molecular complexity index is 810. The average Bonchev–Trinajstić information content (AvgIpc) is 2.64. The molecule has 0 atom stereocenters. The zero-order valence-corrected chi connectivity index (χ0v) is 14.1. The van der Waals surface area contributed by atoms with Gasteiger partial charge in [0, 0.05) is 16.1 Å². The van der Waals surface area contributed by atoms with Gasteiger partial charge in [-0.1, -0.05) is 84.4 Å². The maximum absolute atomic E-state index is 5.94. The second-order valence-electron chi connectivity index (χ2n) is 5.37. The monoisotopic (exact) mass is 332 g/mol. The third kappa shape index (κ3) is 3.98. The Hall–Kier alpha value is -2.71. The predicted molar refractivity (Wildman–Crippen MR) is 102 cm³/mol. The van der Waals surface area contributed by atoms with E-state index in [0.717, 1.165) is 28.1 Å². The van der Waals surface area contributed by atoms with Crippen LogP contribution in [-0.2, 0) is 0 Å². The van der Waals surface area contributed by atoms with Crippen LogP contribution in [0.3, 0.4) is 0 Å². The van der Waals surface area contributed by atoms with Crippen LogP contribution in [0.25, 0.3) is 0 Å². The van der Waals surface area contributed by atoms with Gasteiger partial charge >= 0.3 is 0 Å². The van der Waals surface area contributed by atoms with E-state index in [0.29, 0.717) is 5.02 Å². The molecule has 0 N–H and O–H groups in total. The second kappa shape index (κ2) is 7.71. The maximum Gasteiger partial charge on any atom is 0.100 e. The molecule has 3 aromatic rings. The molecular weight excluding hydrogens is 316 g/mol. The van der Waals surface area contributed by atoms with Gasteiger partial charge in [-0.25, -0.2) is 0 Å². The van der Waals surface area contributed by atoms with Crippen molar-refractivity contribution in [2.45, 2.75) is 6.92 Å². The third-order valence-electron chi connectivity index (χ3n) is 3.66. The molecule has 0 radical (unpaired) electrons. The van der Waals surface area contributed by atoms with Crippen LogP contribution in [0.4, 0.5) is 0 Å². The number of halogens is 1. The molecule has 0 heterocycles. The van der Waals surface area contributed by atoms with E-state index in [-0.39, 0.29) is 0 Å². The van der Waals surface area contributed by atoms with E-state index in [1.54, 1.807) is 0 Å². The lowest BCUT2D eigenvalue weighted by molar-refractivity contribution is 1.22. The van der Waals surface area contributed by atoms with Gasteiger partial charge in [0.2, 0.25) is 0 Å². The van der Waals surface area contributed by atoms with Crippen LogP contribution >= 0.6 is 11.6 Å². The molecule has 0 aliphatic carbocycles. The molecule has 118 valence electrons. The summed E-state index contributed by atoms with van der Waals surface area (Å²) in [6.45, 7) is 1.94. The molecule has 24 heavy (non-hydrogen) atoms. The lowest BCUT2D eigenvalue weighted by Gasteiger charge is -2.06. The van der Waals surface area contributed by atoms with E-state index in [4.69, 9.17) is 11.6 Å². The molecule has 0 unspecified atom stereocenters. The number of hydrogen-bond donors (Lipinski definition) is 0. The van der Waals surface area contributed by atoms with Gasteiger partial charge in [0.15, 0.2) is 0 Å². The summed E-state index contributed by atoms with van der Waals surface area (Å²) in [7, 11) is 0. The Morgan fingerprint density at radius 2 is 1.12 bits per heavy atom. The maximum atomic E-state index is 5.94. The van der Waals surface area contributed by atoms with Crippen LogP contribution in [0.1, 0.15) is 23.6 Å². The number of hydrogen-bond acceptors (Lipinski definition) is 2. The second-order valence-corrected chi connectivity index (χ2v) is 5.81. The summed E-state index contributed by atoms with van der Waals surface area (Å²) in [6, 6.07) is 27.8. The Morgan fingerprint density at radius 1 is 0.625 bits per heavy atom. The molecule has 0 fully saturated rings. The highest BCUT2D eigenvalue weighted by Crippen LogP contribution is 2.13. The van der Waals surface area contributed by atoms with Crippen LogP contribution in [0.15, 0.2) is 95.1 Å². The summed E-state index contributed by atoms with van der Waals surface area (Å²) >= 11 is 5.94. The first-order chi connectivity index (χ1) is 11.7. The zero-order valence-electron chi connectivity index (χ0n) is 13.4. The first-order valence-corrected chi connectivity index (χ1v) is 8.11. The molecule has 2 nitrogen and oxygen atoms in total. The fourth-order valence-corrected chi connectivity index (χ4v) is 2.47. The van der Waals surface area contributed by atoms with Crippen LogP contribution in [0, 0.1) is 0 Å². The van der Waals surface area contributed by atoms with Crippen LogP contribution in [0.5, 0.6) is 0 Å². The standard InChI is InChI=1S/C21H17ClN2/c1-16(17-12-14-20(22)15-13-17)23-24-21(18-8-4-2-5-9-18)19-10-6-3-7-11-19/h2-15H,1H3. The predicted octanol–water partition coefficient (Wildman–Crippen LogP) is 5.60. The Balaban J connectivity index is 2.01. The van der Waals surface area contributed by atoms with Crippen LogP contribution < -0.4 is 0 Å². The van der Waals surface area contributed by atoms with Gasteiger partial charge in [0.25, 0.3) is 0 Å². The molecule has 3 heteroatoms. The minimum atomic E-state index is 0.712. The van der Waals surface area contributed by atoms with Gasteiger partial charge in [0.05, 0.1) is 5.71 Å². The quantitative estimate of drug-likeness (QED) is 0.439. The summed E-state index contributed by atoms with van der Waals surface area (Å²) in [4.78, 5) is 0. The summed E-state index contributed by atoms with van der Waals surface area (Å²) < 4.78 is 0. The van der Waals surface area contributed by atoms with Crippen molar-refractivity contribution in [2.75, 3.05) is 0 Å². The molecule has 3 rings (SSSR count). The largest absolute Gasteiger partial charge is 0.155 e. The van der Waals surface area contributed by atoms with Crippen molar-refractivity contribution in [3.05, 3.63) is 107 Å². The van der Waals surface area contributed by atoms with Crippen molar-refractivity contribution in [2.24, 2.45) is 10.2 Å². The van der Waals surface area contributed by atoms with Gasteiger partial charge in [-0.15, -0.1) is 5.10 Å². The highest BCUT2D eigenvalue weighted by Gasteiger charge is 2.06. The third-order valence-corrected chi connectivity index (χ3v) is 3.91. The van der Waals surface area contributed by atoms with E-state index in [1.165, 1.54) is 0 Å². The first kappa shape index (κ1) is 16.2. The lowest BCUT2D eigenvalue weighted by Crippen LogP contribution is -2.03. The summed E-state index contributed by atoms with van der Waals surface area (Å²) in [5.41, 5.74) is 4.77. The number of nitrogens with zero attached hydrogens (tertiary/aromatic N) is 2. The van der Waals surface area contributed by atoms with E-state index >= 15 is 0 Å². The van der Waals surface area contributed by atoms with E-state index < -0.39 is 0 Å². The summed E-state index contributed by atoms with van der Waals surface area (Å²) in [5, 5.41) is 9.69. The molecule has 0 saturated heterocycles. The molecule has 0 spiro atoms. The molecule has 0 aliphatic heterocycles. The Morgan fingerprint density at radius 3 is 1.62 bits per heavy atom. The van der Waals surface area contributed by atoms with Crippen molar-refractivity contribution in [1.82, 2.24) is 0 Å². The fraction of sp³-hybridized carbons (Fsp3) is 0.0476. The molecular formula is C21H17ClN2. The lowest BCUT2D eigenvalue weighted by atomic mass is 10.0. The molecule has 3 aromatic carbocycles. The fourth-order valence-electron chi connectivity index (χ4n) is 2.35. The highest BCUT2D eigenvalue weighted by molar-refractivity contribution is 6.30. The van der Waals surface area contributed by atoms with Crippen molar-refractivity contribution < 1.29 is 0 Å². The van der Waals surface area contributed by atoms with E-state index in [1.807, 2.05) is 91.9 Å². The van der Waals surface area contributed by atoms with Crippen molar-refractivity contribution in [3.8, 4) is 0 Å². The van der Waals surface area contributed by atoms with Gasteiger partial charge in [-0.05, 0) is 24.6 Å². The molecule has 0 aliphatic rings. The first-order valence-electron chi connectivity index (χ1n) is 7.73. The number of benzene rings is 3. The van der Waals surface area contributed by atoms with Gasteiger partial charge in [-0.2, -0.15) is 5.10 Å². The molecule has 0 bridgehead atoms. The Kier molecular flexibility index (Phi) is 5.19. The van der Waals surface area contributed by atoms with Gasteiger partial charge in [-0.3, -0.25) is 0 Å². The normalized spacial score (nSPS) is 11.2. The van der Waals surface area contributed by atoms with Gasteiger partial charge in [0.1, 0.15) is 5.71 Å². The minimum absolute atomic E-state index is 0.712. The van der Waals surface area contributed by atoms with Crippen molar-refractivity contribution in [1.29, 1.82) is 0 Å². The van der Waals surface area contributed by atoms with Crippen LogP contribution in [-0.4, -0.2) is 11.4 Å². The van der Waals surface area contributed by atoms with Crippen LogP contribution in [0.2, 0.25) is 5.02 Å². The minimum Gasteiger partial charge on any atom is -0.155 e. The topological polar surface area (TPSA) is 24.7 Å². The summed E-state index contributed by atoms with van der Waals surface area (Å²) in [5.74, 6) is 0. The molecule has 0 saturated carbocycles. The zero-order chi connectivity index (χ0) is 16.8. The van der Waals surface area contributed by atoms with Gasteiger partial charge < -0.3 is 0 Å². The highest BCUT2D eigenvalue weighted by atomic mass is 35.5. The van der Waals surface area contributed by atoms with E-state index in [9.17, 15) is 0 Å². The van der Waals surface area contributed by atoms with Crippen molar-refractivity contribution >= 4 is 23.0 Å². The van der Waals surface area contributed by atoms with Crippen molar-refractivity contribution in [3.63, 3.8) is 0 Å². The SMILES string of the molecule is CC(=NN=C(c1ccccc1)c1ccccc1)c1ccc(Cl)cc1. The summed E-state index contributed by atoms with van der Waals surface area (Å²) in [6.07, 6.45) is 0. The van der Waals surface area contributed by atoms with E-state index in [2.05, 4.69) is 10.2 Å². The molecule has 0 amide bonds. The number of rotatable bonds is 4. The average molecular weight is 333 g/mol. The molecule has 0 aromatic heterocycles. The Labute approximate surface area is 147 Å².